The molecular formula is C7H10NaP. The van der Waals surface area contributed by atoms with E-state index in [9.17, 15) is 0 Å². The van der Waals surface area contributed by atoms with E-state index in [1.807, 2.05) is 6.07 Å². The van der Waals surface area contributed by atoms with Crippen LogP contribution in [-0.4, -0.2) is 0 Å². The molecule has 0 aliphatic carbocycles. The molecule has 0 aliphatic heterocycles. The van der Waals surface area contributed by atoms with Crippen molar-refractivity contribution < 1.29 is 31.0 Å². The van der Waals surface area contributed by atoms with Gasteiger partial charge in [-0.25, -0.2) is 0 Å². The Morgan fingerprint density at radius 3 is 2.11 bits per heavy atom. The van der Waals surface area contributed by atoms with E-state index >= 15 is 0 Å². The van der Waals surface area contributed by atoms with Crippen molar-refractivity contribution in [1.82, 2.24) is 0 Å². The maximum Gasteiger partial charge on any atom is 1.00 e. The van der Waals surface area contributed by atoms with Crippen LogP contribution in [0.15, 0.2) is 30.3 Å². The van der Waals surface area contributed by atoms with E-state index in [2.05, 4.69) is 33.5 Å². The van der Waals surface area contributed by atoms with Crippen molar-refractivity contribution in [1.29, 1.82) is 0 Å². The van der Waals surface area contributed by atoms with Crippen molar-refractivity contribution in [3.05, 3.63) is 35.9 Å². The normalized spacial score (nSPS) is 8.11. The number of hydrogen-bond donors (Lipinski definition) is 0. The number of rotatable bonds is 1. The summed E-state index contributed by atoms with van der Waals surface area (Å²) in [5.41, 5.74) is 1.37. The molecule has 0 bridgehead atoms. The average molecular weight is 148 g/mol. The molecule has 0 heterocycles. The quantitative estimate of drug-likeness (QED) is 0.360. The maximum absolute atomic E-state index is 2.69. The van der Waals surface area contributed by atoms with Gasteiger partial charge in [0.15, 0.2) is 0 Å². The van der Waals surface area contributed by atoms with Crippen LogP contribution in [0.2, 0.25) is 0 Å². The van der Waals surface area contributed by atoms with Crippen LogP contribution < -0.4 is 29.6 Å². The van der Waals surface area contributed by atoms with E-state index in [1.165, 1.54) is 5.56 Å². The second kappa shape index (κ2) is 5.44. The summed E-state index contributed by atoms with van der Waals surface area (Å²) < 4.78 is 0. The maximum atomic E-state index is 2.69. The predicted octanol–water partition coefficient (Wildman–Crippen LogP) is -0.822. The van der Waals surface area contributed by atoms with Gasteiger partial charge in [-0.2, -0.15) is 0 Å². The van der Waals surface area contributed by atoms with E-state index in [1.54, 1.807) is 0 Å². The van der Waals surface area contributed by atoms with Crippen LogP contribution in [0.4, 0.5) is 0 Å². The van der Waals surface area contributed by atoms with E-state index in [-0.39, 0.29) is 31.0 Å². The van der Waals surface area contributed by atoms with Gasteiger partial charge in [0.25, 0.3) is 0 Å². The molecule has 0 N–H and O–H groups in total. The Balaban J connectivity index is 0. The van der Waals surface area contributed by atoms with Gasteiger partial charge >= 0.3 is 29.6 Å². The second-order valence-electron chi connectivity index (χ2n) is 1.69. The molecule has 1 aromatic rings. The number of benzene rings is 1. The minimum absolute atomic E-state index is 0. The first kappa shape index (κ1) is 9.65. The first-order valence-electron chi connectivity index (χ1n) is 2.67. The van der Waals surface area contributed by atoms with Crippen LogP contribution >= 0.6 is 9.24 Å². The summed E-state index contributed by atoms with van der Waals surface area (Å²) in [6.07, 6.45) is 1.06. The second-order valence-corrected chi connectivity index (χ2v) is 2.10. The molecule has 1 atom stereocenters. The third-order valence-electron chi connectivity index (χ3n) is 1.08. The molecule has 0 fully saturated rings. The van der Waals surface area contributed by atoms with E-state index in [4.69, 9.17) is 0 Å². The first-order valence-corrected chi connectivity index (χ1v) is 3.49. The molecule has 0 saturated carbocycles. The largest absolute Gasteiger partial charge is 1.00 e. The average Bonchev–Trinajstić information content (AvgIpc) is 1.90. The van der Waals surface area contributed by atoms with Crippen molar-refractivity contribution in [2.75, 3.05) is 0 Å². The molecule has 2 heteroatoms. The Bertz CT molecular complexity index is 155. The Hall–Kier alpha value is 0.650. The Labute approximate surface area is 82.0 Å². The van der Waals surface area contributed by atoms with Gasteiger partial charge in [-0.15, -0.1) is 9.24 Å². The summed E-state index contributed by atoms with van der Waals surface area (Å²) in [7, 11) is 2.69. The van der Waals surface area contributed by atoms with E-state index in [0.29, 0.717) is 0 Å². The molecule has 0 nitrogen and oxygen atoms in total. The molecule has 1 unspecified atom stereocenters. The van der Waals surface area contributed by atoms with Gasteiger partial charge in [0.05, 0.1) is 0 Å². The van der Waals surface area contributed by atoms with Gasteiger partial charge in [0.1, 0.15) is 0 Å². The molecule has 0 amide bonds. The molecule has 1 rings (SSSR count). The van der Waals surface area contributed by atoms with Gasteiger partial charge in [-0.05, 0) is 11.7 Å². The van der Waals surface area contributed by atoms with Crippen molar-refractivity contribution in [2.24, 2.45) is 0 Å². The Morgan fingerprint density at radius 1 is 1.22 bits per heavy atom. The van der Waals surface area contributed by atoms with Crippen molar-refractivity contribution in [2.45, 2.75) is 6.16 Å². The van der Waals surface area contributed by atoms with Crippen LogP contribution in [0.3, 0.4) is 0 Å². The fourth-order valence-corrected chi connectivity index (χ4v) is 0.886. The van der Waals surface area contributed by atoms with E-state index in [0.717, 1.165) is 6.16 Å². The van der Waals surface area contributed by atoms with Crippen molar-refractivity contribution in [3.8, 4) is 0 Å². The van der Waals surface area contributed by atoms with Crippen LogP contribution in [0.25, 0.3) is 0 Å². The first-order chi connectivity index (χ1) is 3.93. The fourth-order valence-electron chi connectivity index (χ4n) is 0.614. The molecule has 0 saturated heterocycles. The minimum atomic E-state index is 0. The standard InChI is InChI=1S/C7H9P.Na.H/c8-6-7-4-2-1-3-5-7;;/h1-5H,6,8H2;;/q;+1;-1. The summed E-state index contributed by atoms with van der Waals surface area (Å²) in [6.45, 7) is 0. The number of hydrogen-bond acceptors (Lipinski definition) is 0. The van der Waals surface area contributed by atoms with Crippen LogP contribution in [0, 0.1) is 0 Å². The third kappa shape index (κ3) is 3.37. The summed E-state index contributed by atoms with van der Waals surface area (Å²) in [6, 6.07) is 10.4. The third-order valence-corrected chi connectivity index (χ3v) is 1.55. The van der Waals surface area contributed by atoms with Gasteiger partial charge in [0, 0.05) is 0 Å². The Kier molecular flexibility index (Phi) is 5.83. The SMILES string of the molecule is PCc1ccccc1.[H-].[Na+]. The van der Waals surface area contributed by atoms with Gasteiger partial charge in [0.2, 0.25) is 0 Å². The van der Waals surface area contributed by atoms with Crippen molar-refractivity contribution in [3.63, 3.8) is 0 Å². The van der Waals surface area contributed by atoms with Crippen LogP contribution in [0.1, 0.15) is 6.99 Å². The summed E-state index contributed by atoms with van der Waals surface area (Å²) >= 11 is 0. The molecule has 1 aromatic carbocycles. The van der Waals surface area contributed by atoms with Gasteiger partial charge < -0.3 is 1.43 Å². The molecule has 44 valence electrons. The molecule has 0 radical (unpaired) electrons. The molecule has 0 aliphatic rings. The summed E-state index contributed by atoms with van der Waals surface area (Å²) in [5.74, 6) is 0. The molecule has 0 aromatic heterocycles. The predicted molar refractivity (Wildman–Crippen MR) is 41.0 cm³/mol. The van der Waals surface area contributed by atoms with Crippen LogP contribution in [-0.2, 0) is 6.16 Å². The fraction of sp³-hybridized carbons (Fsp3) is 0.143. The van der Waals surface area contributed by atoms with E-state index < -0.39 is 0 Å². The van der Waals surface area contributed by atoms with Crippen molar-refractivity contribution >= 4 is 9.24 Å². The summed E-state index contributed by atoms with van der Waals surface area (Å²) in [5, 5.41) is 0. The molecule has 0 spiro atoms. The zero-order valence-electron chi connectivity index (χ0n) is 6.67. The Morgan fingerprint density at radius 2 is 1.78 bits per heavy atom. The molecular weight excluding hydrogens is 138 g/mol. The van der Waals surface area contributed by atoms with Gasteiger partial charge in [-0.1, -0.05) is 30.3 Å². The monoisotopic (exact) mass is 148 g/mol. The van der Waals surface area contributed by atoms with Crippen LogP contribution in [0.5, 0.6) is 0 Å². The minimum Gasteiger partial charge on any atom is -1.00 e. The topological polar surface area (TPSA) is 0 Å². The summed E-state index contributed by atoms with van der Waals surface area (Å²) in [4.78, 5) is 0. The zero-order valence-corrected chi connectivity index (χ0v) is 8.83. The zero-order chi connectivity index (χ0) is 5.82. The molecule has 9 heavy (non-hydrogen) atoms. The van der Waals surface area contributed by atoms with Gasteiger partial charge in [-0.3, -0.25) is 0 Å². The smallest absolute Gasteiger partial charge is 1.00 e.